The van der Waals surface area contributed by atoms with Crippen molar-refractivity contribution >= 4 is 5.91 Å². The topological polar surface area (TPSA) is 60.5 Å². The van der Waals surface area contributed by atoms with Crippen molar-refractivity contribution in [1.82, 2.24) is 10.3 Å². The summed E-state index contributed by atoms with van der Waals surface area (Å²) in [7, 11) is 3.24. The largest absolute Gasteiger partial charge is 0.385 e. The summed E-state index contributed by atoms with van der Waals surface area (Å²) in [6.07, 6.45) is 2.41. The van der Waals surface area contributed by atoms with Crippen molar-refractivity contribution in [3.63, 3.8) is 0 Å². The van der Waals surface area contributed by atoms with E-state index in [1.165, 1.54) is 0 Å². The normalized spacial score (nSPS) is 10.2. The molecular formula is C12H18N2O3. The number of pyridine rings is 1. The van der Waals surface area contributed by atoms with Crippen LogP contribution in [0.25, 0.3) is 0 Å². The van der Waals surface area contributed by atoms with E-state index in [9.17, 15) is 4.79 Å². The van der Waals surface area contributed by atoms with Gasteiger partial charge in [0.1, 0.15) is 0 Å². The number of carbonyl (C=O) groups is 1. The highest BCUT2D eigenvalue weighted by Crippen LogP contribution is 2.02. The molecule has 5 heteroatoms. The Hall–Kier alpha value is -1.46. The van der Waals surface area contributed by atoms with Gasteiger partial charge < -0.3 is 14.8 Å². The summed E-state index contributed by atoms with van der Waals surface area (Å²) >= 11 is 0. The number of ether oxygens (including phenoxy) is 2. The number of aromatic nitrogens is 1. The number of amides is 1. The first-order chi connectivity index (χ1) is 8.27. The highest BCUT2D eigenvalue weighted by atomic mass is 16.5. The van der Waals surface area contributed by atoms with Crippen LogP contribution in [0.1, 0.15) is 22.5 Å². The van der Waals surface area contributed by atoms with Crippen molar-refractivity contribution in [2.24, 2.45) is 0 Å². The first-order valence-electron chi connectivity index (χ1n) is 5.49. The van der Waals surface area contributed by atoms with Crippen molar-refractivity contribution in [3.8, 4) is 0 Å². The molecule has 1 amide bonds. The molecule has 0 aliphatic rings. The average Bonchev–Trinajstić information content (AvgIpc) is 2.35. The Morgan fingerprint density at radius 3 is 2.94 bits per heavy atom. The Balaban J connectivity index is 2.47. The summed E-state index contributed by atoms with van der Waals surface area (Å²) in [6, 6.07) is 3.42. The van der Waals surface area contributed by atoms with E-state index >= 15 is 0 Å². The van der Waals surface area contributed by atoms with Crippen molar-refractivity contribution in [2.45, 2.75) is 13.0 Å². The fourth-order valence-electron chi connectivity index (χ4n) is 1.37. The molecule has 0 aliphatic carbocycles. The minimum Gasteiger partial charge on any atom is -0.385 e. The van der Waals surface area contributed by atoms with Crippen LogP contribution in [0.15, 0.2) is 18.3 Å². The second-order valence-electron chi connectivity index (χ2n) is 3.57. The highest BCUT2D eigenvalue weighted by molar-refractivity contribution is 5.94. The van der Waals surface area contributed by atoms with E-state index in [0.717, 1.165) is 12.1 Å². The summed E-state index contributed by atoms with van der Waals surface area (Å²) in [5, 5.41) is 2.82. The summed E-state index contributed by atoms with van der Waals surface area (Å²) in [4.78, 5) is 15.8. The van der Waals surface area contributed by atoms with Crippen molar-refractivity contribution in [1.29, 1.82) is 0 Å². The zero-order chi connectivity index (χ0) is 12.5. The number of hydrogen-bond acceptors (Lipinski definition) is 4. The van der Waals surface area contributed by atoms with Crippen LogP contribution >= 0.6 is 0 Å². The van der Waals surface area contributed by atoms with Gasteiger partial charge in [-0.2, -0.15) is 0 Å². The molecule has 1 rings (SSSR count). The van der Waals surface area contributed by atoms with Gasteiger partial charge in [0.15, 0.2) is 0 Å². The molecule has 5 nitrogen and oxygen atoms in total. The summed E-state index contributed by atoms with van der Waals surface area (Å²) in [5.74, 6) is -0.0964. The Morgan fingerprint density at radius 1 is 1.41 bits per heavy atom. The Morgan fingerprint density at radius 2 is 2.24 bits per heavy atom. The minimum absolute atomic E-state index is 0.0964. The quantitative estimate of drug-likeness (QED) is 0.720. The predicted molar refractivity (Wildman–Crippen MR) is 63.8 cm³/mol. The number of hydrogen-bond donors (Lipinski definition) is 1. The van der Waals surface area contributed by atoms with E-state index < -0.39 is 0 Å². The van der Waals surface area contributed by atoms with Crippen LogP contribution in [0.2, 0.25) is 0 Å². The Labute approximate surface area is 101 Å². The van der Waals surface area contributed by atoms with Gasteiger partial charge in [-0.3, -0.25) is 9.78 Å². The fourth-order valence-corrected chi connectivity index (χ4v) is 1.37. The Bertz CT molecular complexity index is 355. The number of rotatable bonds is 7. The van der Waals surface area contributed by atoms with Crippen LogP contribution in [0.5, 0.6) is 0 Å². The molecule has 0 fully saturated rings. The van der Waals surface area contributed by atoms with Crippen LogP contribution in [0.4, 0.5) is 0 Å². The maximum absolute atomic E-state index is 11.7. The lowest BCUT2D eigenvalue weighted by atomic mass is 10.2. The number of methoxy groups -OCH3 is 2. The van der Waals surface area contributed by atoms with Crippen LogP contribution in [-0.2, 0) is 16.1 Å². The number of nitrogens with one attached hydrogen (secondary N) is 1. The highest BCUT2D eigenvalue weighted by Gasteiger charge is 2.05. The van der Waals surface area contributed by atoms with Crippen LogP contribution in [0.3, 0.4) is 0 Å². The molecule has 0 aliphatic heterocycles. The zero-order valence-corrected chi connectivity index (χ0v) is 10.2. The molecule has 0 atom stereocenters. The number of nitrogens with zero attached hydrogens (tertiary/aromatic N) is 1. The first kappa shape index (κ1) is 13.6. The SMILES string of the molecule is COCCCNC(=O)c1ccnc(COC)c1. The van der Waals surface area contributed by atoms with Gasteiger partial charge in [0.05, 0.1) is 12.3 Å². The monoisotopic (exact) mass is 238 g/mol. The third-order valence-corrected chi connectivity index (χ3v) is 2.18. The molecule has 0 saturated carbocycles. The zero-order valence-electron chi connectivity index (χ0n) is 10.2. The molecule has 0 saturated heterocycles. The molecule has 0 radical (unpaired) electrons. The first-order valence-corrected chi connectivity index (χ1v) is 5.49. The summed E-state index contributed by atoms with van der Waals surface area (Å²) in [5.41, 5.74) is 1.35. The van der Waals surface area contributed by atoms with Gasteiger partial charge in [-0.25, -0.2) is 0 Å². The van der Waals surface area contributed by atoms with E-state index in [1.807, 2.05) is 0 Å². The lowest BCUT2D eigenvalue weighted by Crippen LogP contribution is -2.25. The molecule has 1 aromatic rings. The van der Waals surface area contributed by atoms with Gasteiger partial charge in [0.2, 0.25) is 0 Å². The van der Waals surface area contributed by atoms with Gasteiger partial charge >= 0.3 is 0 Å². The smallest absolute Gasteiger partial charge is 0.251 e. The van der Waals surface area contributed by atoms with E-state index in [4.69, 9.17) is 9.47 Å². The average molecular weight is 238 g/mol. The van der Waals surface area contributed by atoms with Crippen LogP contribution in [-0.4, -0.2) is 38.3 Å². The van der Waals surface area contributed by atoms with Crippen LogP contribution in [0, 0.1) is 0 Å². The lowest BCUT2D eigenvalue weighted by molar-refractivity contribution is 0.0948. The molecule has 0 spiro atoms. The molecule has 0 bridgehead atoms. The molecule has 0 unspecified atom stereocenters. The fraction of sp³-hybridized carbons (Fsp3) is 0.500. The van der Waals surface area contributed by atoms with E-state index in [2.05, 4.69) is 10.3 Å². The van der Waals surface area contributed by atoms with Crippen molar-refractivity contribution in [3.05, 3.63) is 29.6 Å². The van der Waals surface area contributed by atoms with E-state index in [-0.39, 0.29) is 5.91 Å². The summed E-state index contributed by atoms with van der Waals surface area (Å²) in [6.45, 7) is 1.66. The van der Waals surface area contributed by atoms with Gasteiger partial charge in [-0.05, 0) is 18.6 Å². The number of carbonyl (C=O) groups excluding carboxylic acids is 1. The third-order valence-electron chi connectivity index (χ3n) is 2.18. The maximum atomic E-state index is 11.7. The van der Waals surface area contributed by atoms with Gasteiger partial charge in [0.25, 0.3) is 5.91 Å². The van der Waals surface area contributed by atoms with Crippen molar-refractivity contribution in [2.75, 3.05) is 27.4 Å². The predicted octanol–water partition coefficient (Wildman–Crippen LogP) is 0.994. The molecular weight excluding hydrogens is 220 g/mol. The van der Waals surface area contributed by atoms with E-state index in [0.29, 0.717) is 25.3 Å². The second-order valence-corrected chi connectivity index (χ2v) is 3.57. The molecule has 0 aromatic carbocycles. The minimum atomic E-state index is -0.0964. The van der Waals surface area contributed by atoms with Gasteiger partial charge in [0, 0.05) is 39.1 Å². The Kier molecular flexibility index (Phi) is 6.21. The molecule has 94 valence electrons. The lowest BCUT2D eigenvalue weighted by Gasteiger charge is -2.06. The second kappa shape index (κ2) is 7.76. The molecule has 1 heterocycles. The van der Waals surface area contributed by atoms with Gasteiger partial charge in [-0.1, -0.05) is 0 Å². The van der Waals surface area contributed by atoms with Crippen molar-refractivity contribution < 1.29 is 14.3 Å². The van der Waals surface area contributed by atoms with E-state index in [1.54, 1.807) is 32.5 Å². The summed E-state index contributed by atoms with van der Waals surface area (Å²) < 4.78 is 9.87. The molecule has 1 N–H and O–H groups in total. The standard InChI is InChI=1S/C12H18N2O3/c1-16-7-3-5-14-12(15)10-4-6-13-11(8-10)9-17-2/h4,6,8H,3,5,7,9H2,1-2H3,(H,14,15). The molecule has 17 heavy (non-hydrogen) atoms. The molecule has 1 aromatic heterocycles. The maximum Gasteiger partial charge on any atom is 0.251 e. The third kappa shape index (κ3) is 4.93. The van der Waals surface area contributed by atoms with Gasteiger partial charge in [-0.15, -0.1) is 0 Å². The van der Waals surface area contributed by atoms with Crippen LogP contribution < -0.4 is 5.32 Å².